The fourth-order valence-electron chi connectivity index (χ4n) is 2.43. The van der Waals surface area contributed by atoms with Crippen LogP contribution in [0.1, 0.15) is 18.4 Å². The molecule has 6 heteroatoms. The number of rotatable bonds is 4. The SMILES string of the molecule is N#Cc1c(Cl)cccc1NC1CCN(CC(N)=O)CC1. The first kappa shape index (κ1) is 14.6. The van der Waals surface area contributed by atoms with Crippen LogP contribution in [-0.2, 0) is 4.79 Å². The molecule has 1 aliphatic heterocycles. The van der Waals surface area contributed by atoms with E-state index in [4.69, 9.17) is 22.6 Å². The van der Waals surface area contributed by atoms with Crippen molar-refractivity contribution < 1.29 is 4.79 Å². The van der Waals surface area contributed by atoms with Gasteiger partial charge in [-0.1, -0.05) is 17.7 Å². The summed E-state index contributed by atoms with van der Waals surface area (Å²) in [4.78, 5) is 12.9. The van der Waals surface area contributed by atoms with Crippen LogP contribution in [-0.4, -0.2) is 36.5 Å². The molecular formula is C14H17ClN4O. The number of amides is 1. The topological polar surface area (TPSA) is 82.2 Å². The van der Waals surface area contributed by atoms with Crippen LogP contribution < -0.4 is 11.1 Å². The maximum absolute atomic E-state index is 10.9. The Hall–Kier alpha value is -1.77. The lowest BCUT2D eigenvalue weighted by atomic mass is 10.0. The summed E-state index contributed by atoms with van der Waals surface area (Å²) >= 11 is 6.01. The molecule has 0 unspecified atom stereocenters. The van der Waals surface area contributed by atoms with Gasteiger partial charge in [-0.05, 0) is 25.0 Å². The van der Waals surface area contributed by atoms with Crippen molar-refractivity contribution in [3.8, 4) is 6.07 Å². The van der Waals surface area contributed by atoms with Gasteiger partial charge in [0.25, 0.3) is 0 Å². The summed E-state index contributed by atoms with van der Waals surface area (Å²) in [5.41, 5.74) is 6.44. The van der Waals surface area contributed by atoms with Crippen molar-refractivity contribution in [2.45, 2.75) is 18.9 Å². The smallest absolute Gasteiger partial charge is 0.231 e. The number of likely N-dealkylation sites (tertiary alicyclic amines) is 1. The molecule has 1 amide bonds. The molecule has 3 N–H and O–H groups in total. The van der Waals surface area contributed by atoms with Gasteiger partial charge in [-0.15, -0.1) is 0 Å². The zero-order valence-electron chi connectivity index (χ0n) is 11.1. The second-order valence-corrected chi connectivity index (χ2v) is 5.34. The van der Waals surface area contributed by atoms with Crippen LogP contribution in [0.5, 0.6) is 0 Å². The Kier molecular flexibility index (Phi) is 4.83. The summed E-state index contributed by atoms with van der Waals surface area (Å²) in [6.07, 6.45) is 1.81. The number of primary amides is 1. The number of nitrogens with one attached hydrogen (secondary N) is 1. The highest BCUT2D eigenvalue weighted by molar-refractivity contribution is 6.32. The van der Waals surface area contributed by atoms with Crippen molar-refractivity contribution in [2.75, 3.05) is 25.0 Å². The highest BCUT2D eigenvalue weighted by Gasteiger charge is 2.21. The lowest BCUT2D eigenvalue weighted by Gasteiger charge is -2.32. The van der Waals surface area contributed by atoms with Crippen LogP contribution in [0.25, 0.3) is 0 Å². The summed E-state index contributed by atoms with van der Waals surface area (Å²) in [5, 5.41) is 13.0. The Morgan fingerprint density at radius 3 is 2.80 bits per heavy atom. The molecule has 1 saturated heterocycles. The van der Waals surface area contributed by atoms with Gasteiger partial charge >= 0.3 is 0 Å². The highest BCUT2D eigenvalue weighted by Crippen LogP contribution is 2.25. The maximum atomic E-state index is 10.9. The van der Waals surface area contributed by atoms with E-state index in [2.05, 4.69) is 11.4 Å². The zero-order chi connectivity index (χ0) is 14.5. The number of anilines is 1. The van der Waals surface area contributed by atoms with Crippen LogP contribution in [0.3, 0.4) is 0 Å². The van der Waals surface area contributed by atoms with Crippen LogP contribution in [0, 0.1) is 11.3 Å². The minimum absolute atomic E-state index is 0.282. The van der Waals surface area contributed by atoms with E-state index in [-0.39, 0.29) is 11.9 Å². The molecule has 0 saturated carbocycles. The minimum Gasteiger partial charge on any atom is -0.381 e. The Balaban J connectivity index is 1.95. The number of hydrogen-bond acceptors (Lipinski definition) is 4. The van der Waals surface area contributed by atoms with Gasteiger partial charge in [0.1, 0.15) is 6.07 Å². The Morgan fingerprint density at radius 2 is 2.20 bits per heavy atom. The summed E-state index contributed by atoms with van der Waals surface area (Å²) < 4.78 is 0. The van der Waals surface area contributed by atoms with Gasteiger partial charge < -0.3 is 11.1 Å². The molecule has 20 heavy (non-hydrogen) atoms. The molecule has 0 aliphatic carbocycles. The van der Waals surface area contributed by atoms with Crippen LogP contribution in [0.15, 0.2) is 18.2 Å². The molecule has 5 nitrogen and oxygen atoms in total. The van der Waals surface area contributed by atoms with Crippen LogP contribution in [0.2, 0.25) is 5.02 Å². The molecule has 1 aliphatic rings. The van der Waals surface area contributed by atoms with E-state index in [9.17, 15) is 4.79 Å². The number of nitriles is 1. The average Bonchev–Trinajstić information content (AvgIpc) is 2.41. The van der Waals surface area contributed by atoms with E-state index in [1.807, 2.05) is 17.0 Å². The molecule has 1 heterocycles. The molecule has 0 radical (unpaired) electrons. The van der Waals surface area contributed by atoms with Crippen molar-refractivity contribution in [2.24, 2.45) is 5.73 Å². The van der Waals surface area contributed by atoms with E-state index < -0.39 is 0 Å². The van der Waals surface area contributed by atoms with E-state index in [0.717, 1.165) is 31.6 Å². The van der Waals surface area contributed by atoms with E-state index in [1.54, 1.807) is 6.07 Å². The minimum atomic E-state index is -0.294. The number of hydrogen-bond donors (Lipinski definition) is 2. The molecule has 1 aromatic carbocycles. The van der Waals surface area contributed by atoms with Gasteiger partial charge in [0.2, 0.25) is 5.91 Å². The number of nitrogens with zero attached hydrogens (tertiary/aromatic N) is 2. The third-order valence-corrected chi connectivity index (χ3v) is 3.77. The summed E-state index contributed by atoms with van der Waals surface area (Å²) in [6.45, 7) is 1.96. The molecule has 0 bridgehead atoms. The number of piperidine rings is 1. The predicted octanol–water partition coefficient (Wildman–Crippen LogP) is 1.57. The molecule has 1 fully saturated rings. The fraction of sp³-hybridized carbons (Fsp3) is 0.429. The molecular weight excluding hydrogens is 276 g/mol. The second-order valence-electron chi connectivity index (χ2n) is 4.94. The predicted molar refractivity (Wildman–Crippen MR) is 78.4 cm³/mol. The van der Waals surface area contributed by atoms with E-state index in [0.29, 0.717) is 17.1 Å². The van der Waals surface area contributed by atoms with Crippen molar-refractivity contribution in [3.05, 3.63) is 28.8 Å². The van der Waals surface area contributed by atoms with Gasteiger partial charge in [0.15, 0.2) is 0 Å². The second kappa shape index (κ2) is 6.60. The quantitative estimate of drug-likeness (QED) is 0.882. The lowest BCUT2D eigenvalue weighted by Crippen LogP contribution is -2.43. The van der Waals surface area contributed by atoms with Crippen molar-refractivity contribution in [3.63, 3.8) is 0 Å². The molecule has 0 aromatic heterocycles. The molecule has 0 spiro atoms. The lowest BCUT2D eigenvalue weighted by molar-refractivity contribution is -0.119. The van der Waals surface area contributed by atoms with Gasteiger partial charge in [0, 0.05) is 19.1 Å². The van der Waals surface area contributed by atoms with Crippen molar-refractivity contribution in [1.82, 2.24) is 4.90 Å². The third kappa shape index (κ3) is 3.62. The highest BCUT2D eigenvalue weighted by atomic mass is 35.5. The molecule has 2 rings (SSSR count). The van der Waals surface area contributed by atoms with Crippen molar-refractivity contribution in [1.29, 1.82) is 5.26 Å². The summed E-state index contributed by atoms with van der Waals surface area (Å²) in [5.74, 6) is -0.294. The molecule has 1 aromatic rings. The number of carbonyl (C=O) groups excluding carboxylic acids is 1. The number of carbonyl (C=O) groups is 1. The van der Waals surface area contributed by atoms with Crippen molar-refractivity contribution >= 4 is 23.2 Å². The number of halogens is 1. The van der Waals surface area contributed by atoms with Crippen LogP contribution >= 0.6 is 11.6 Å². The Labute approximate surface area is 123 Å². The standard InChI is InChI=1S/C14H17ClN4O/c15-12-2-1-3-13(11(12)8-16)18-10-4-6-19(7-5-10)9-14(17)20/h1-3,10,18H,4-7,9H2,(H2,17,20). The molecule has 0 atom stereocenters. The number of benzene rings is 1. The first-order valence-electron chi connectivity index (χ1n) is 6.56. The van der Waals surface area contributed by atoms with Gasteiger partial charge in [-0.3, -0.25) is 9.69 Å². The van der Waals surface area contributed by atoms with E-state index >= 15 is 0 Å². The average molecular weight is 293 g/mol. The first-order chi connectivity index (χ1) is 9.60. The maximum Gasteiger partial charge on any atom is 0.231 e. The molecule has 106 valence electrons. The zero-order valence-corrected chi connectivity index (χ0v) is 11.9. The summed E-state index contributed by atoms with van der Waals surface area (Å²) in [7, 11) is 0. The summed E-state index contributed by atoms with van der Waals surface area (Å²) in [6, 6.07) is 7.80. The normalized spacial score (nSPS) is 16.6. The number of nitrogens with two attached hydrogens (primary N) is 1. The Bertz CT molecular complexity index is 532. The largest absolute Gasteiger partial charge is 0.381 e. The van der Waals surface area contributed by atoms with Gasteiger partial charge in [-0.2, -0.15) is 5.26 Å². The first-order valence-corrected chi connectivity index (χ1v) is 6.93. The van der Waals surface area contributed by atoms with Gasteiger partial charge in [0.05, 0.1) is 22.8 Å². The Morgan fingerprint density at radius 1 is 1.50 bits per heavy atom. The van der Waals surface area contributed by atoms with E-state index in [1.165, 1.54) is 0 Å². The third-order valence-electron chi connectivity index (χ3n) is 3.45. The van der Waals surface area contributed by atoms with Gasteiger partial charge in [-0.25, -0.2) is 0 Å². The van der Waals surface area contributed by atoms with Crippen LogP contribution in [0.4, 0.5) is 5.69 Å². The monoisotopic (exact) mass is 292 g/mol. The fourth-order valence-corrected chi connectivity index (χ4v) is 2.65.